The maximum absolute atomic E-state index is 12.6. The van der Waals surface area contributed by atoms with E-state index in [4.69, 9.17) is 10.5 Å². The highest BCUT2D eigenvalue weighted by molar-refractivity contribution is 5.83. The van der Waals surface area contributed by atoms with E-state index >= 15 is 0 Å². The fourth-order valence-corrected chi connectivity index (χ4v) is 3.44. The van der Waals surface area contributed by atoms with Crippen LogP contribution >= 0.6 is 0 Å². The average molecular weight is 403 g/mol. The topological polar surface area (TPSA) is 84.6 Å². The summed E-state index contributed by atoms with van der Waals surface area (Å²) in [6.07, 6.45) is -0.847. The van der Waals surface area contributed by atoms with Crippen molar-refractivity contribution in [3.05, 3.63) is 18.1 Å². The molecule has 1 atom stereocenters. The molecule has 3 rings (SSSR count). The van der Waals surface area contributed by atoms with Crippen LogP contribution in [0.1, 0.15) is 38.8 Å². The van der Waals surface area contributed by atoms with Crippen LogP contribution in [0.15, 0.2) is 12.4 Å². The van der Waals surface area contributed by atoms with Crippen LogP contribution in [0.25, 0.3) is 0 Å². The molecule has 2 N–H and O–H groups in total. The van der Waals surface area contributed by atoms with Crippen molar-refractivity contribution in [1.29, 1.82) is 0 Å². The van der Waals surface area contributed by atoms with E-state index < -0.39 is 18.0 Å². The molecule has 10 heteroatoms. The summed E-state index contributed by atoms with van der Waals surface area (Å²) in [5, 5.41) is 0. The molecule has 0 bridgehead atoms. The Balaban J connectivity index is 0.00000136. The summed E-state index contributed by atoms with van der Waals surface area (Å²) >= 11 is 0. The Morgan fingerprint density at radius 3 is 2.36 bits per heavy atom. The van der Waals surface area contributed by atoms with Gasteiger partial charge in [-0.15, -0.1) is 0 Å². The third kappa shape index (κ3) is 5.32. The van der Waals surface area contributed by atoms with Gasteiger partial charge in [0.25, 0.3) is 5.91 Å². The summed E-state index contributed by atoms with van der Waals surface area (Å²) in [7, 11) is 0. The van der Waals surface area contributed by atoms with E-state index in [1.807, 2.05) is 23.6 Å². The Labute approximate surface area is 163 Å². The average Bonchev–Trinajstić information content (AvgIpc) is 3.08. The van der Waals surface area contributed by atoms with Gasteiger partial charge >= 0.3 is 6.18 Å². The molecule has 0 radical (unpaired) electrons. The minimum Gasteiger partial charge on any atom is -0.367 e. The lowest BCUT2D eigenvalue weighted by Gasteiger charge is -2.37. The Morgan fingerprint density at radius 1 is 1.14 bits per heavy atom. The van der Waals surface area contributed by atoms with Gasteiger partial charge in [0.2, 0.25) is 0 Å². The highest BCUT2D eigenvalue weighted by atomic mass is 19.4. The number of nitrogens with zero attached hydrogens (tertiary/aromatic N) is 4. The first kappa shape index (κ1) is 22.4. The van der Waals surface area contributed by atoms with E-state index in [1.165, 1.54) is 0 Å². The van der Waals surface area contributed by atoms with Gasteiger partial charge in [0.05, 0.1) is 19.0 Å². The highest BCUT2D eigenvalue weighted by Crippen LogP contribution is 2.29. The molecule has 1 aromatic rings. The van der Waals surface area contributed by atoms with Gasteiger partial charge < -0.3 is 20.3 Å². The fraction of sp³-hybridized carbons (Fsp3) is 0.722. The van der Waals surface area contributed by atoms with Gasteiger partial charge in [0.1, 0.15) is 11.9 Å². The third-order valence-corrected chi connectivity index (χ3v) is 4.79. The van der Waals surface area contributed by atoms with Crippen LogP contribution in [0.3, 0.4) is 0 Å². The van der Waals surface area contributed by atoms with Gasteiger partial charge in [-0.25, -0.2) is 9.97 Å². The predicted molar refractivity (Wildman–Crippen MR) is 98.7 cm³/mol. The monoisotopic (exact) mass is 403 g/mol. The van der Waals surface area contributed by atoms with Crippen molar-refractivity contribution in [2.45, 2.75) is 51.4 Å². The summed E-state index contributed by atoms with van der Waals surface area (Å²) in [5.41, 5.74) is 4.41. The molecule has 158 valence electrons. The van der Waals surface area contributed by atoms with E-state index in [1.54, 1.807) is 0 Å². The zero-order valence-corrected chi connectivity index (χ0v) is 16.3. The van der Waals surface area contributed by atoms with Crippen LogP contribution in [-0.4, -0.2) is 65.7 Å². The van der Waals surface area contributed by atoms with E-state index in [0.717, 1.165) is 25.2 Å². The maximum Gasteiger partial charge on any atom is 0.434 e. The number of carbonyl (C=O) groups is 1. The number of alkyl halides is 3. The molecule has 28 heavy (non-hydrogen) atoms. The Hall–Kier alpha value is -1.94. The van der Waals surface area contributed by atoms with Crippen LogP contribution in [0.2, 0.25) is 0 Å². The van der Waals surface area contributed by atoms with Crippen molar-refractivity contribution >= 4 is 11.7 Å². The Kier molecular flexibility index (Phi) is 7.99. The summed E-state index contributed by atoms with van der Waals surface area (Å²) in [6.45, 7) is 6.65. The molecule has 3 heterocycles. The van der Waals surface area contributed by atoms with E-state index in [9.17, 15) is 18.0 Å². The smallest absolute Gasteiger partial charge is 0.367 e. The third-order valence-electron chi connectivity index (χ3n) is 4.79. The second-order valence-electron chi connectivity index (χ2n) is 6.44. The minimum absolute atomic E-state index is 0.00576. The largest absolute Gasteiger partial charge is 0.434 e. The van der Waals surface area contributed by atoms with E-state index in [-0.39, 0.29) is 11.9 Å². The van der Waals surface area contributed by atoms with Crippen molar-refractivity contribution < 1.29 is 22.7 Å². The second kappa shape index (κ2) is 10.0. The first-order valence-electron chi connectivity index (χ1n) is 9.66. The predicted octanol–water partition coefficient (Wildman–Crippen LogP) is 2.07. The first-order valence-corrected chi connectivity index (χ1v) is 9.66. The molecule has 0 aromatic carbocycles. The van der Waals surface area contributed by atoms with Gasteiger partial charge in [-0.2, -0.15) is 13.2 Å². The zero-order chi connectivity index (χ0) is 20.7. The number of halogens is 3. The number of amides is 1. The molecule has 2 fully saturated rings. The van der Waals surface area contributed by atoms with Gasteiger partial charge in [-0.3, -0.25) is 4.79 Å². The van der Waals surface area contributed by atoms with Gasteiger partial charge in [-0.05, 0) is 12.8 Å². The van der Waals surface area contributed by atoms with Gasteiger partial charge in [0.15, 0.2) is 5.69 Å². The summed E-state index contributed by atoms with van der Waals surface area (Å²) < 4.78 is 43.2. The summed E-state index contributed by atoms with van der Waals surface area (Å²) in [6, 6.07) is 0.118. The minimum atomic E-state index is -4.49. The SMILES string of the molecule is CC.NCCOC1CCN(C2CCN(c3cnc(C(F)(F)F)cn3)CC2)C1=O. The fourth-order valence-electron chi connectivity index (χ4n) is 3.44. The lowest BCUT2D eigenvalue weighted by Crippen LogP contribution is -2.47. The molecule has 2 saturated heterocycles. The van der Waals surface area contributed by atoms with Crippen molar-refractivity contribution in [2.24, 2.45) is 5.73 Å². The van der Waals surface area contributed by atoms with Crippen molar-refractivity contribution in [1.82, 2.24) is 14.9 Å². The lowest BCUT2D eigenvalue weighted by atomic mass is 10.0. The second-order valence-corrected chi connectivity index (χ2v) is 6.44. The molecule has 7 nitrogen and oxygen atoms in total. The molecule has 0 spiro atoms. The molecule has 2 aliphatic heterocycles. The Bertz CT molecular complexity index is 619. The number of hydrogen-bond donors (Lipinski definition) is 1. The highest BCUT2D eigenvalue weighted by Gasteiger charge is 2.38. The number of aromatic nitrogens is 2. The standard InChI is InChI=1S/C16H22F3N5O2.C2H6/c17-16(18,19)13-9-22-14(10-21-13)23-5-1-11(2-6-23)24-7-3-12(15(24)25)26-8-4-20;1-2/h9-12H,1-8,20H2;1-2H3. The number of nitrogens with two attached hydrogens (primary N) is 1. The van der Waals surface area contributed by atoms with E-state index in [2.05, 4.69) is 9.97 Å². The van der Waals surface area contributed by atoms with Crippen molar-refractivity contribution in [3.8, 4) is 0 Å². The van der Waals surface area contributed by atoms with E-state index in [0.29, 0.717) is 45.0 Å². The number of piperidine rings is 1. The van der Waals surface area contributed by atoms with Crippen LogP contribution in [0.5, 0.6) is 0 Å². The van der Waals surface area contributed by atoms with Gasteiger partial charge in [0, 0.05) is 38.6 Å². The molecule has 1 aromatic heterocycles. The molecule has 0 aliphatic carbocycles. The van der Waals surface area contributed by atoms with Gasteiger partial charge in [-0.1, -0.05) is 13.8 Å². The maximum atomic E-state index is 12.6. The molecule has 1 amide bonds. The molecule has 0 saturated carbocycles. The number of hydrogen-bond acceptors (Lipinski definition) is 6. The Morgan fingerprint density at radius 2 is 1.82 bits per heavy atom. The van der Waals surface area contributed by atoms with Crippen LogP contribution in [0, 0.1) is 0 Å². The number of anilines is 1. The van der Waals surface area contributed by atoms with Crippen LogP contribution < -0.4 is 10.6 Å². The van der Waals surface area contributed by atoms with Crippen molar-refractivity contribution in [3.63, 3.8) is 0 Å². The normalized spacial score (nSPS) is 20.9. The zero-order valence-electron chi connectivity index (χ0n) is 16.3. The summed E-state index contributed by atoms with van der Waals surface area (Å²) in [5.74, 6) is 0.430. The number of likely N-dealkylation sites (tertiary alicyclic amines) is 1. The first-order chi connectivity index (χ1) is 13.4. The molecule has 1 unspecified atom stereocenters. The number of rotatable bonds is 5. The van der Waals surface area contributed by atoms with Crippen LogP contribution in [-0.2, 0) is 15.7 Å². The van der Waals surface area contributed by atoms with Crippen LogP contribution in [0.4, 0.5) is 19.0 Å². The molecular weight excluding hydrogens is 375 g/mol. The quantitative estimate of drug-likeness (QED) is 0.810. The molecular formula is C18H28F3N5O2. The lowest BCUT2D eigenvalue weighted by molar-refractivity contribution is -0.141. The number of carbonyl (C=O) groups excluding carboxylic acids is 1. The molecule has 2 aliphatic rings. The van der Waals surface area contributed by atoms with Crippen molar-refractivity contribution in [2.75, 3.05) is 37.7 Å². The number of ether oxygens (including phenoxy) is 1. The summed E-state index contributed by atoms with van der Waals surface area (Å²) in [4.78, 5) is 23.5.